The molecule has 2 atom stereocenters. The van der Waals surface area contributed by atoms with Crippen molar-refractivity contribution in [2.24, 2.45) is 7.05 Å². The lowest BCUT2D eigenvalue weighted by Gasteiger charge is -2.24. The summed E-state index contributed by atoms with van der Waals surface area (Å²) in [7, 11) is 0.359. The zero-order chi connectivity index (χ0) is 23.0. The minimum Gasteiger partial charge on any atom is -0.348 e. The molecular formula is C26H26F2N2OS. The Bertz CT molecular complexity index is 1340. The fourth-order valence-electron chi connectivity index (χ4n) is 4.27. The lowest BCUT2D eigenvalue weighted by atomic mass is 9.96. The highest BCUT2D eigenvalue weighted by molar-refractivity contribution is 7.83. The van der Waals surface area contributed by atoms with Gasteiger partial charge in [-0.3, -0.25) is 0 Å². The van der Waals surface area contributed by atoms with Crippen LogP contribution in [0.3, 0.4) is 0 Å². The van der Waals surface area contributed by atoms with Crippen molar-refractivity contribution in [3.8, 4) is 0 Å². The number of rotatable bonds is 5. The fourth-order valence-corrected chi connectivity index (χ4v) is 5.80. The molecule has 0 bridgehead atoms. The summed E-state index contributed by atoms with van der Waals surface area (Å²) in [5.41, 5.74) is 3.48. The number of allylic oxidation sites excluding steroid dienone is 2. The van der Waals surface area contributed by atoms with Crippen molar-refractivity contribution in [3.05, 3.63) is 99.2 Å². The van der Waals surface area contributed by atoms with Crippen LogP contribution >= 0.6 is 0 Å². The van der Waals surface area contributed by atoms with Crippen molar-refractivity contribution in [3.63, 3.8) is 0 Å². The number of aromatic nitrogens is 1. The summed E-state index contributed by atoms with van der Waals surface area (Å²) in [6, 6.07) is 10.4. The van der Waals surface area contributed by atoms with E-state index in [2.05, 4.69) is 19.6 Å². The van der Waals surface area contributed by atoms with Crippen molar-refractivity contribution in [2.45, 2.75) is 37.8 Å². The third-order valence-corrected chi connectivity index (χ3v) is 7.49. The molecule has 0 saturated heterocycles. The minimum absolute atomic E-state index is 0.260. The first-order valence-electron chi connectivity index (χ1n) is 10.6. The Morgan fingerprint density at radius 2 is 1.91 bits per heavy atom. The van der Waals surface area contributed by atoms with Crippen LogP contribution in [0.25, 0.3) is 12.7 Å². The average molecular weight is 453 g/mol. The second-order valence-corrected chi connectivity index (χ2v) is 9.37. The van der Waals surface area contributed by atoms with Gasteiger partial charge in [-0.25, -0.2) is 17.3 Å². The highest BCUT2D eigenvalue weighted by Gasteiger charge is 2.40. The number of hydrogen-bond acceptors (Lipinski definition) is 1. The normalized spacial score (nSPS) is 19.2. The molecule has 0 saturated carbocycles. The van der Waals surface area contributed by atoms with Gasteiger partial charge in [0.05, 0.1) is 10.9 Å². The molecule has 1 aliphatic heterocycles. The second-order valence-electron chi connectivity index (χ2n) is 7.96. The lowest BCUT2D eigenvalue weighted by molar-refractivity contribution is 0.391. The van der Waals surface area contributed by atoms with Gasteiger partial charge in [-0.05, 0) is 48.7 Å². The van der Waals surface area contributed by atoms with E-state index in [0.717, 1.165) is 33.8 Å². The molecule has 2 unspecified atom stereocenters. The Labute approximate surface area is 189 Å². The van der Waals surface area contributed by atoms with Crippen LogP contribution in [-0.4, -0.2) is 13.1 Å². The van der Waals surface area contributed by atoms with Gasteiger partial charge in [-0.15, -0.1) is 0 Å². The molecule has 0 N–H and O–H groups in total. The van der Waals surface area contributed by atoms with Gasteiger partial charge in [-0.2, -0.15) is 0 Å². The summed E-state index contributed by atoms with van der Waals surface area (Å²) >= 11 is 0. The van der Waals surface area contributed by atoms with Crippen LogP contribution in [-0.2, 0) is 24.6 Å². The van der Waals surface area contributed by atoms with E-state index in [0.29, 0.717) is 10.5 Å². The molecule has 0 spiro atoms. The van der Waals surface area contributed by atoms with E-state index in [1.54, 1.807) is 12.1 Å². The predicted molar refractivity (Wildman–Crippen MR) is 125 cm³/mol. The third-order valence-electron chi connectivity index (χ3n) is 5.99. The van der Waals surface area contributed by atoms with Gasteiger partial charge >= 0.3 is 0 Å². The number of hydrogen-bond donors (Lipinski definition) is 0. The van der Waals surface area contributed by atoms with Crippen molar-refractivity contribution >= 4 is 23.6 Å². The van der Waals surface area contributed by atoms with E-state index in [9.17, 15) is 13.0 Å². The molecule has 0 aliphatic carbocycles. The summed E-state index contributed by atoms with van der Waals surface area (Å²) in [6.45, 7) is 8.59. The van der Waals surface area contributed by atoms with Gasteiger partial charge in [0, 0.05) is 35.4 Å². The van der Waals surface area contributed by atoms with Crippen molar-refractivity contribution in [2.75, 3.05) is 0 Å². The Morgan fingerprint density at radius 3 is 2.62 bits per heavy atom. The first kappa shape index (κ1) is 22.4. The van der Waals surface area contributed by atoms with E-state index < -0.39 is 16.8 Å². The number of benzene rings is 2. The molecule has 2 aromatic carbocycles. The maximum absolute atomic E-state index is 14.1. The van der Waals surface area contributed by atoms with Gasteiger partial charge in [0.25, 0.3) is 0 Å². The molecule has 0 fully saturated rings. The van der Waals surface area contributed by atoms with Gasteiger partial charge in [0.1, 0.15) is 22.6 Å². The molecule has 3 nitrogen and oxygen atoms in total. The summed E-state index contributed by atoms with van der Waals surface area (Å²) < 4.78 is 45.3. The molecule has 3 aromatic rings. The van der Waals surface area contributed by atoms with Crippen LogP contribution in [0.1, 0.15) is 41.8 Å². The maximum atomic E-state index is 14.1. The van der Waals surface area contributed by atoms with Gasteiger partial charge in [-0.1, -0.05) is 49.9 Å². The molecule has 1 aromatic heterocycles. The zero-order valence-corrected chi connectivity index (χ0v) is 19.3. The topological polar surface area (TPSA) is 25.2 Å². The van der Waals surface area contributed by atoms with E-state index in [1.165, 1.54) is 24.3 Å². The summed E-state index contributed by atoms with van der Waals surface area (Å²) in [5, 5.41) is 1.81. The molecule has 2 heterocycles. The first-order chi connectivity index (χ1) is 15.3. The molecular weight excluding hydrogens is 426 g/mol. The van der Waals surface area contributed by atoms with Crippen LogP contribution in [0.2, 0.25) is 0 Å². The highest BCUT2D eigenvalue weighted by Crippen LogP contribution is 2.42. The summed E-state index contributed by atoms with van der Waals surface area (Å²) in [5.74, 6) is -0.772. The maximum Gasteiger partial charge on any atom is 0.129 e. The predicted octanol–water partition coefficient (Wildman–Crippen LogP) is 4.40. The quantitative estimate of drug-likeness (QED) is 0.564. The van der Waals surface area contributed by atoms with E-state index in [1.807, 2.05) is 41.1 Å². The molecule has 4 rings (SSSR count). The average Bonchev–Trinajstić information content (AvgIpc) is 3.14. The van der Waals surface area contributed by atoms with E-state index >= 15 is 0 Å². The molecule has 0 radical (unpaired) electrons. The van der Waals surface area contributed by atoms with Crippen LogP contribution in [0.4, 0.5) is 8.78 Å². The van der Waals surface area contributed by atoms with Crippen molar-refractivity contribution in [1.82, 2.24) is 8.87 Å². The SMILES string of the molecule is C=c1/c(=C\C=C/CC)c(C2c3ccc(F)cc3S(=O)N2Cc2cccc(F)c2)c(C)n1C. The minimum atomic E-state index is -1.60. The van der Waals surface area contributed by atoms with Gasteiger partial charge < -0.3 is 4.57 Å². The molecule has 6 heteroatoms. The van der Waals surface area contributed by atoms with Crippen LogP contribution < -0.4 is 10.6 Å². The van der Waals surface area contributed by atoms with Gasteiger partial charge in [0.15, 0.2) is 0 Å². The van der Waals surface area contributed by atoms with Crippen LogP contribution in [0, 0.1) is 18.6 Å². The van der Waals surface area contributed by atoms with Crippen molar-refractivity contribution < 1.29 is 13.0 Å². The fraction of sp³-hybridized carbons (Fsp3) is 0.231. The first-order valence-corrected chi connectivity index (χ1v) is 11.7. The molecule has 166 valence electrons. The van der Waals surface area contributed by atoms with E-state index in [-0.39, 0.29) is 18.4 Å². The third kappa shape index (κ3) is 3.89. The largest absolute Gasteiger partial charge is 0.348 e. The smallest absolute Gasteiger partial charge is 0.129 e. The number of halogens is 2. The molecule has 1 aliphatic rings. The second kappa shape index (κ2) is 8.96. The Balaban J connectivity index is 1.95. The zero-order valence-electron chi connectivity index (χ0n) is 18.4. The van der Waals surface area contributed by atoms with Crippen LogP contribution in [0.5, 0.6) is 0 Å². The summed E-state index contributed by atoms with van der Waals surface area (Å²) in [6.07, 6.45) is 7.00. The van der Waals surface area contributed by atoms with Crippen molar-refractivity contribution in [1.29, 1.82) is 0 Å². The number of fused-ring (bicyclic) bond motifs is 1. The Morgan fingerprint density at radius 1 is 1.16 bits per heavy atom. The lowest BCUT2D eigenvalue weighted by Crippen LogP contribution is -2.32. The standard InChI is InChI=1S/C26H26F2N2OS/c1-5-6-7-11-22-17(2)29(4)18(3)25(22)26-23-13-12-21(28)15-24(23)32(31)30(26)16-19-9-8-10-20(27)14-19/h6-15,26H,2,5,16H2,1,3-4H3/b7-6-,22-11+. The Kier molecular flexibility index (Phi) is 6.26. The number of nitrogens with zero attached hydrogens (tertiary/aromatic N) is 2. The van der Waals surface area contributed by atoms with Gasteiger partial charge in [0.2, 0.25) is 0 Å². The Hall–Kier alpha value is -2.83. The molecule has 0 amide bonds. The highest BCUT2D eigenvalue weighted by atomic mass is 32.2. The summed E-state index contributed by atoms with van der Waals surface area (Å²) in [4.78, 5) is 0.454. The van der Waals surface area contributed by atoms with E-state index in [4.69, 9.17) is 0 Å². The molecule has 32 heavy (non-hydrogen) atoms. The monoisotopic (exact) mass is 452 g/mol. The van der Waals surface area contributed by atoms with Crippen LogP contribution in [0.15, 0.2) is 59.5 Å².